The third-order valence-electron chi connectivity index (χ3n) is 2.92. The van der Waals surface area contributed by atoms with Crippen molar-refractivity contribution in [1.29, 1.82) is 0 Å². The number of likely N-dealkylation sites (N-methyl/N-ethyl adjacent to an activating group) is 1. The molecule has 0 aromatic heterocycles. The molecule has 0 bridgehead atoms. The summed E-state index contributed by atoms with van der Waals surface area (Å²) in [6, 6.07) is 6.72. The van der Waals surface area contributed by atoms with Gasteiger partial charge in [0.2, 0.25) is 0 Å². The summed E-state index contributed by atoms with van der Waals surface area (Å²) in [6.45, 7) is 3.47. The zero-order valence-electron chi connectivity index (χ0n) is 10.1. The van der Waals surface area contributed by atoms with Gasteiger partial charge in [-0.3, -0.25) is 4.18 Å². The highest BCUT2D eigenvalue weighted by atomic mass is 32.2. The number of likely N-dealkylation sites (tertiary alicyclic amines) is 1. The molecule has 0 amide bonds. The minimum absolute atomic E-state index is 0.216. The Morgan fingerprint density at radius 3 is 2.47 bits per heavy atom. The van der Waals surface area contributed by atoms with Crippen molar-refractivity contribution in [2.45, 2.75) is 24.3 Å². The molecule has 0 saturated carbocycles. The Balaban J connectivity index is 2.11. The molecule has 0 aliphatic carbocycles. The molecule has 1 saturated heterocycles. The van der Waals surface area contributed by atoms with Crippen LogP contribution in [0.15, 0.2) is 29.2 Å². The molecule has 94 valence electrons. The second-order valence-electron chi connectivity index (χ2n) is 4.54. The van der Waals surface area contributed by atoms with Gasteiger partial charge in [-0.1, -0.05) is 17.7 Å². The third-order valence-corrected chi connectivity index (χ3v) is 4.30. The van der Waals surface area contributed by atoms with Crippen molar-refractivity contribution in [2.75, 3.05) is 20.1 Å². The lowest BCUT2D eigenvalue weighted by molar-refractivity contribution is 0.215. The first kappa shape index (κ1) is 12.5. The molecular formula is C12H17NO3S. The molecule has 1 heterocycles. The van der Waals surface area contributed by atoms with Crippen LogP contribution in [0.3, 0.4) is 0 Å². The third kappa shape index (κ3) is 3.06. The van der Waals surface area contributed by atoms with Gasteiger partial charge in [-0.15, -0.1) is 0 Å². The smallest absolute Gasteiger partial charge is 0.297 e. The van der Waals surface area contributed by atoms with E-state index in [4.69, 9.17) is 4.18 Å². The van der Waals surface area contributed by atoms with Gasteiger partial charge in [0, 0.05) is 13.1 Å². The Labute approximate surface area is 102 Å². The van der Waals surface area contributed by atoms with Crippen LogP contribution in [0.4, 0.5) is 0 Å². The standard InChI is InChI=1S/C12H17NO3S/c1-10-3-5-12(6-4-10)17(14,15)16-11-7-8-13(2)9-11/h3-6,11H,7-9H2,1-2H3/t11-/m1/s1. The minimum atomic E-state index is -3.61. The van der Waals surface area contributed by atoms with E-state index in [1.807, 2.05) is 14.0 Å². The van der Waals surface area contributed by atoms with Gasteiger partial charge < -0.3 is 4.90 Å². The molecule has 17 heavy (non-hydrogen) atoms. The molecule has 1 fully saturated rings. The van der Waals surface area contributed by atoms with E-state index in [2.05, 4.69) is 4.90 Å². The number of aryl methyl sites for hydroxylation is 1. The van der Waals surface area contributed by atoms with Crippen LogP contribution in [0, 0.1) is 6.92 Å². The van der Waals surface area contributed by atoms with Crippen LogP contribution in [0.1, 0.15) is 12.0 Å². The van der Waals surface area contributed by atoms with Crippen LogP contribution in [0.25, 0.3) is 0 Å². The lowest BCUT2D eigenvalue weighted by Gasteiger charge is -2.12. The molecule has 1 aromatic carbocycles. The monoisotopic (exact) mass is 255 g/mol. The van der Waals surface area contributed by atoms with E-state index in [1.165, 1.54) is 0 Å². The molecule has 5 heteroatoms. The number of hydrogen-bond donors (Lipinski definition) is 0. The normalized spacial score (nSPS) is 21.9. The van der Waals surface area contributed by atoms with Crippen molar-refractivity contribution >= 4 is 10.1 Å². The molecule has 1 aliphatic rings. The first-order valence-corrected chi connectivity index (χ1v) is 7.07. The van der Waals surface area contributed by atoms with Crippen molar-refractivity contribution < 1.29 is 12.6 Å². The van der Waals surface area contributed by atoms with E-state index in [1.54, 1.807) is 24.3 Å². The summed E-state index contributed by atoms with van der Waals surface area (Å²) in [4.78, 5) is 2.30. The summed E-state index contributed by atoms with van der Waals surface area (Å²) >= 11 is 0. The first-order chi connectivity index (χ1) is 7.97. The zero-order chi connectivity index (χ0) is 12.5. The first-order valence-electron chi connectivity index (χ1n) is 5.66. The summed E-state index contributed by atoms with van der Waals surface area (Å²) < 4.78 is 29.2. The predicted molar refractivity (Wildman–Crippen MR) is 65.4 cm³/mol. The largest absolute Gasteiger partial charge is 0.304 e. The summed E-state index contributed by atoms with van der Waals surface area (Å²) in [5, 5.41) is 0. The Morgan fingerprint density at radius 1 is 1.29 bits per heavy atom. The molecule has 1 atom stereocenters. The SMILES string of the molecule is Cc1ccc(S(=O)(=O)O[C@@H]2CCN(C)C2)cc1. The van der Waals surface area contributed by atoms with Gasteiger partial charge in [-0.05, 0) is 32.5 Å². The quantitative estimate of drug-likeness (QED) is 0.766. The fourth-order valence-electron chi connectivity index (χ4n) is 1.91. The molecule has 0 spiro atoms. The lowest BCUT2D eigenvalue weighted by Crippen LogP contribution is -2.22. The maximum Gasteiger partial charge on any atom is 0.297 e. The van der Waals surface area contributed by atoms with Crippen molar-refractivity contribution in [3.05, 3.63) is 29.8 Å². The Hall–Kier alpha value is -0.910. The van der Waals surface area contributed by atoms with E-state index in [9.17, 15) is 8.42 Å². The van der Waals surface area contributed by atoms with Gasteiger partial charge in [0.1, 0.15) is 0 Å². The molecule has 0 unspecified atom stereocenters. The highest BCUT2D eigenvalue weighted by Crippen LogP contribution is 2.19. The van der Waals surface area contributed by atoms with E-state index < -0.39 is 10.1 Å². The van der Waals surface area contributed by atoms with Crippen LogP contribution in [-0.4, -0.2) is 39.6 Å². The fraction of sp³-hybridized carbons (Fsp3) is 0.500. The van der Waals surface area contributed by atoms with Gasteiger partial charge in [0.25, 0.3) is 10.1 Å². The second kappa shape index (κ2) is 4.76. The van der Waals surface area contributed by atoms with Crippen LogP contribution in [0.2, 0.25) is 0 Å². The lowest BCUT2D eigenvalue weighted by atomic mass is 10.2. The van der Waals surface area contributed by atoms with Gasteiger partial charge in [-0.2, -0.15) is 8.42 Å². The van der Waals surface area contributed by atoms with Crippen LogP contribution < -0.4 is 0 Å². The zero-order valence-corrected chi connectivity index (χ0v) is 10.9. The van der Waals surface area contributed by atoms with Gasteiger partial charge in [0.15, 0.2) is 0 Å². The van der Waals surface area contributed by atoms with Gasteiger partial charge in [-0.25, -0.2) is 0 Å². The molecule has 2 rings (SSSR count). The van der Waals surface area contributed by atoms with E-state index in [0.29, 0.717) is 6.54 Å². The highest BCUT2D eigenvalue weighted by Gasteiger charge is 2.26. The molecule has 1 aromatic rings. The maximum atomic E-state index is 12.0. The Bertz CT molecular complexity index is 481. The van der Waals surface area contributed by atoms with Crippen molar-refractivity contribution in [3.63, 3.8) is 0 Å². The Morgan fingerprint density at radius 2 is 1.94 bits per heavy atom. The summed E-state index contributed by atoms with van der Waals surface area (Å²) in [5.41, 5.74) is 1.03. The molecule has 0 radical (unpaired) electrons. The second-order valence-corrected chi connectivity index (χ2v) is 6.11. The van der Waals surface area contributed by atoms with Crippen molar-refractivity contribution in [2.24, 2.45) is 0 Å². The minimum Gasteiger partial charge on any atom is -0.304 e. The van der Waals surface area contributed by atoms with Crippen LogP contribution >= 0.6 is 0 Å². The van der Waals surface area contributed by atoms with Gasteiger partial charge in [0.05, 0.1) is 11.0 Å². The number of nitrogens with zero attached hydrogens (tertiary/aromatic N) is 1. The summed E-state index contributed by atoms with van der Waals surface area (Å²) in [5.74, 6) is 0. The molecule has 1 aliphatic heterocycles. The van der Waals surface area contributed by atoms with Crippen molar-refractivity contribution in [3.8, 4) is 0 Å². The van der Waals surface area contributed by atoms with Crippen molar-refractivity contribution in [1.82, 2.24) is 4.90 Å². The van der Waals surface area contributed by atoms with E-state index in [0.717, 1.165) is 18.5 Å². The summed E-state index contributed by atoms with van der Waals surface area (Å²) in [7, 11) is -1.65. The van der Waals surface area contributed by atoms with Crippen LogP contribution in [-0.2, 0) is 14.3 Å². The van der Waals surface area contributed by atoms with Gasteiger partial charge >= 0.3 is 0 Å². The molecule has 4 nitrogen and oxygen atoms in total. The summed E-state index contributed by atoms with van der Waals surface area (Å²) in [6.07, 6.45) is 0.549. The van der Waals surface area contributed by atoms with Crippen LogP contribution in [0.5, 0.6) is 0 Å². The Kier molecular flexibility index (Phi) is 3.51. The number of hydrogen-bond acceptors (Lipinski definition) is 4. The topological polar surface area (TPSA) is 46.6 Å². The molecular weight excluding hydrogens is 238 g/mol. The number of benzene rings is 1. The average Bonchev–Trinajstić information content (AvgIpc) is 2.63. The number of rotatable bonds is 3. The highest BCUT2D eigenvalue weighted by molar-refractivity contribution is 7.86. The fourth-order valence-corrected chi connectivity index (χ4v) is 3.01. The molecule has 0 N–H and O–H groups in total. The van der Waals surface area contributed by atoms with E-state index in [-0.39, 0.29) is 11.0 Å². The van der Waals surface area contributed by atoms with E-state index >= 15 is 0 Å². The average molecular weight is 255 g/mol. The predicted octanol–water partition coefficient (Wildman–Crippen LogP) is 1.40. The maximum absolute atomic E-state index is 12.0.